The largest absolute Gasteiger partial charge is 0.303 e. The molecule has 0 aliphatic heterocycles. The van der Waals surface area contributed by atoms with Gasteiger partial charge in [0.2, 0.25) is 0 Å². The van der Waals surface area contributed by atoms with Crippen LogP contribution in [0.3, 0.4) is 0 Å². The Morgan fingerprint density at radius 1 is 0.844 bits per heavy atom. The molecule has 3 rings (SSSR count). The van der Waals surface area contributed by atoms with E-state index in [0.29, 0.717) is 0 Å². The molecule has 0 fully saturated rings. The lowest BCUT2D eigenvalue weighted by atomic mass is 9.67. The Labute approximate surface area is 197 Å². The molecule has 0 heterocycles. The molecule has 170 valence electrons. The van der Waals surface area contributed by atoms with Gasteiger partial charge in [-0.2, -0.15) is 11.8 Å². The van der Waals surface area contributed by atoms with Crippen molar-refractivity contribution in [1.82, 2.24) is 0 Å². The summed E-state index contributed by atoms with van der Waals surface area (Å²) in [6, 6.07) is 20.5. The fraction of sp³-hybridized carbons (Fsp3) is 0.448. The van der Waals surface area contributed by atoms with Crippen molar-refractivity contribution in [2.24, 2.45) is 16.7 Å². The monoisotopic (exact) mass is 448 g/mol. The van der Waals surface area contributed by atoms with E-state index in [0.717, 1.165) is 40.7 Å². The molecular weight excluding hydrogens is 412 g/mol. The standard InChI is InChI=1S/C29H36O2S/c1-6-7-14-19-32-22(3)29(5)26(24-17-12-9-13-18-24)25(23-15-10-8-11-16-23)28(4,27(29)31)21(2)20-30/h8-13,15-18,20-22H,6-7,14,19H2,1-5H3. The van der Waals surface area contributed by atoms with E-state index >= 15 is 0 Å². The summed E-state index contributed by atoms with van der Waals surface area (Å²) < 4.78 is 0. The van der Waals surface area contributed by atoms with E-state index in [2.05, 4.69) is 45.0 Å². The number of carbonyl (C=O) groups excluding carboxylic acids is 2. The van der Waals surface area contributed by atoms with Crippen LogP contribution in [0.2, 0.25) is 0 Å². The number of benzene rings is 2. The summed E-state index contributed by atoms with van der Waals surface area (Å²) in [5.74, 6) is 0.793. The normalized spacial score (nSPS) is 25.1. The zero-order valence-electron chi connectivity index (χ0n) is 20.1. The maximum Gasteiger partial charge on any atom is 0.155 e. The third-order valence-corrected chi connectivity index (χ3v) is 8.90. The van der Waals surface area contributed by atoms with Gasteiger partial charge in [-0.05, 0) is 48.3 Å². The van der Waals surface area contributed by atoms with Crippen LogP contribution >= 0.6 is 11.8 Å². The van der Waals surface area contributed by atoms with Gasteiger partial charge in [0.05, 0.1) is 10.8 Å². The Morgan fingerprint density at radius 3 is 1.81 bits per heavy atom. The van der Waals surface area contributed by atoms with E-state index in [1.807, 2.05) is 62.0 Å². The first kappa shape index (κ1) is 24.5. The molecular formula is C29H36O2S. The van der Waals surface area contributed by atoms with Crippen LogP contribution in [0.15, 0.2) is 60.7 Å². The molecule has 2 aromatic rings. The first-order valence-corrected chi connectivity index (χ1v) is 12.9. The van der Waals surface area contributed by atoms with Crippen molar-refractivity contribution in [3.63, 3.8) is 0 Å². The molecule has 2 aromatic carbocycles. The summed E-state index contributed by atoms with van der Waals surface area (Å²) in [5, 5.41) is 0.0986. The van der Waals surface area contributed by atoms with Crippen molar-refractivity contribution in [1.29, 1.82) is 0 Å². The smallest absolute Gasteiger partial charge is 0.155 e. The minimum Gasteiger partial charge on any atom is -0.303 e. The second-order valence-electron chi connectivity index (χ2n) is 9.36. The predicted octanol–water partition coefficient (Wildman–Crippen LogP) is 7.34. The van der Waals surface area contributed by atoms with E-state index in [9.17, 15) is 9.59 Å². The van der Waals surface area contributed by atoms with Crippen molar-refractivity contribution in [2.75, 3.05) is 5.75 Å². The van der Waals surface area contributed by atoms with Crippen LogP contribution in [0.5, 0.6) is 0 Å². The highest BCUT2D eigenvalue weighted by Gasteiger charge is 2.61. The van der Waals surface area contributed by atoms with Crippen LogP contribution < -0.4 is 0 Å². The van der Waals surface area contributed by atoms with E-state index in [-0.39, 0.29) is 11.0 Å². The molecule has 32 heavy (non-hydrogen) atoms. The maximum absolute atomic E-state index is 14.4. The Hall–Kier alpha value is -2.13. The fourth-order valence-corrected chi connectivity index (χ4v) is 6.40. The van der Waals surface area contributed by atoms with Crippen molar-refractivity contribution in [3.05, 3.63) is 71.8 Å². The SMILES string of the molecule is CCCCCSC(C)C1(C)C(=O)C(C)(C(C)C=O)C(c2ccccc2)=C1c1ccccc1. The summed E-state index contributed by atoms with van der Waals surface area (Å²) in [6.07, 6.45) is 4.51. The third kappa shape index (κ3) is 4.12. The number of aldehydes is 1. The molecule has 1 aliphatic rings. The maximum atomic E-state index is 14.4. The molecule has 0 N–H and O–H groups in total. The number of hydrogen-bond acceptors (Lipinski definition) is 3. The van der Waals surface area contributed by atoms with Gasteiger partial charge >= 0.3 is 0 Å². The number of unbranched alkanes of at least 4 members (excludes halogenated alkanes) is 2. The van der Waals surface area contributed by atoms with Crippen LogP contribution in [0, 0.1) is 16.7 Å². The number of rotatable bonds is 10. The zero-order chi connectivity index (χ0) is 23.4. The molecule has 0 amide bonds. The van der Waals surface area contributed by atoms with E-state index in [1.165, 1.54) is 12.8 Å². The average Bonchev–Trinajstić information content (AvgIpc) is 3.02. The van der Waals surface area contributed by atoms with E-state index in [4.69, 9.17) is 0 Å². The van der Waals surface area contributed by atoms with Crippen molar-refractivity contribution in [3.8, 4) is 0 Å². The van der Waals surface area contributed by atoms with Crippen molar-refractivity contribution in [2.45, 2.75) is 59.1 Å². The van der Waals surface area contributed by atoms with Crippen LogP contribution in [0.1, 0.15) is 65.0 Å². The number of allylic oxidation sites excluding steroid dienone is 2. The molecule has 1 aliphatic carbocycles. The summed E-state index contributed by atoms with van der Waals surface area (Å²) in [7, 11) is 0. The number of carbonyl (C=O) groups is 2. The average molecular weight is 449 g/mol. The lowest BCUT2D eigenvalue weighted by molar-refractivity contribution is -0.134. The first-order valence-electron chi connectivity index (χ1n) is 11.8. The second-order valence-corrected chi connectivity index (χ2v) is 10.8. The van der Waals surface area contributed by atoms with Gasteiger partial charge in [-0.1, -0.05) is 94.3 Å². The molecule has 0 bridgehead atoms. The third-order valence-electron chi connectivity index (χ3n) is 7.40. The number of thioether (sulfide) groups is 1. The van der Waals surface area contributed by atoms with Crippen molar-refractivity contribution < 1.29 is 9.59 Å². The Balaban J connectivity index is 2.28. The number of hydrogen-bond donors (Lipinski definition) is 0. The predicted molar refractivity (Wildman–Crippen MR) is 138 cm³/mol. The van der Waals surface area contributed by atoms with Gasteiger partial charge < -0.3 is 4.79 Å². The molecule has 0 aromatic heterocycles. The Bertz CT molecular complexity index is 965. The topological polar surface area (TPSA) is 34.1 Å². The van der Waals surface area contributed by atoms with Crippen LogP contribution in [0.25, 0.3) is 11.1 Å². The Kier molecular flexibility index (Phi) is 7.82. The van der Waals surface area contributed by atoms with Gasteiger partial charge in [-0.3, -0.25) is 4.79 Å². The van der Waals surface area contributed by atoms with Gasteiger partial charge in [-0.15, -0.1) is 0 Å². The van der Waals surface area contributed by atoms with Crippen LogP contribution in [0.4, 0.5) is 0 Å². The van der Waals surface area contributed by atoms with Crippen LogP contribution in [-0.4, -0.2) is 23.1 Å². The van der Waals surface area contributed by atoms with Gasteiger partial charge in [0.25, 0.3) is 0 Å². The summed E-state index contributed by atoms with van der Waals surface area (Å²) in [4.78, 5) is 26.5. The number of ketones is 1. The Morgan fingerprint density at radius 2 is 1.34 bits per heavy atom. The summed E-state index contributed by atoms with van der Waals surface area (Å²) >= 11 is 1.89. The van der Waals surface area contributed by atoms with Gasteiger partial charge in [0.1, 0.15) is 6.29 Å². The van der Waals surface area contributed by atoms with Crippen molar-refractivity contribution >= 4 is 35.0 Å². The zero-order valence-corrected chi connectivity index (χ0v) is 20.9. The fourth-order valence-electron chi connectivity index (χ4n) is 5.12. The molecule has 4 atom stereocenters. The quantitative estimate of drug-likeness (QED) is 0.282. The number of Topliss-reactive ketones (excluding diaryl/α,β-unsaturated/α-hetero) is 1. The molecule has 4 unspecified atom stereocenters. The molecule has 2 nitrogen and oxygen atoms in total. The van der Waals surface area contributed by atoms with E-state index in [1.54, 1.807) is 0 Å². The van der Waals surface area contributed by atoms with Crippen LogP contribution in [-0.2, 0) is 9.59 Å². The molecule has 0 spiro atoms. The highest BCUT2D eigenvalue weighted by Crippen LogP contribution is 2.63. The highest BCUT2D eigenvalue weighted by molar-refractivity contribution is 7.99. The summed E-state index contributed by atoms with van der Waals surface area (Å²) in [5.41, 5.74) is 2.64. The lowest BCUT2D eigenvalue weighted by Gasteiger charge is -2.36. The van der Waals surface area contributed by atoms with E-state index < -0.39 is 16.7 Å². The molecule has 3 heteroatoms. The second kappa shape index (κ2) is 10.2. The highest BCUT2D eigenvalue weighted by atomic mass is 32.2. The molecule has 0 saturated heterocycles. The lowest BCUT2D eigenvalue weighted by Crippen LogP contribution is -2.43. The minimum atomic E-state index is -0.874. The summed E-state index contributed by atoms with van der Waals surface area (Å²) in [6.45, 7) is 10.4. The van der Waals surface area contributed by atoms with Gasteiger partial charge in [-0.25, -0.2) is 0 Å². The molecule has 0 radical (unpaired) electrons. The first-order chi connectivity index (χ1) is 15.3. The molecule has 0 saturated carbocycles. The minimum absolute atomic E-state index is 0.0986. The van der Waals surface area contributed by atoms with Gasteiger partial charge in [0.15, 0.2) is 5.78 Å². The van der Waals surface area contributed by atoms with Gasteiger partial charge in [0, 0.05) is 11.2 Å².